The van der Waals surface area contributed by atoms with Gasteiger partial charge in [-0.3, -0.25) is 9.78 Å². The summed E-state index contributed by atoms with van der Waals surface area (Å²) in [7, 11) is 0. The maximum Gasteiger partial charge on any atom is 0.255 e. The Morgan fingerprint density at radius 1 is 1.16 bits per heavy atom. The number of nitrogens with one attached hydrogen (secondary N) is 1. The summed E-state index contributed by atoms with van der Waals surface area (Å²) in [6.45, 7) is 2.76. The molecule has 2 aromatic rings. The van der Waals surface area contributed by atoms with Crippen LogP contribution in [-0.4, -0.2) is 17.5 Å². The lowest BCUT2D eigenvalue weighted by molar-refractivity contribution is 0.102. The van der Waals surface area contributed by atoms with Crippen molar-refractivity contribution < 1.29 is 9.53 Å². The van der Waals surface area contributed by atoms with Gasteiger partial charge in [-0.25, -0.2) is 0 Å². The van der Waals surface area contributed by atoms with E-state index in [1.54, 1.807) is 24.5 Å². The zero-order chi connectivity index (χ0) is 13.5. The molecule has 0 atom stereocenters. The average Bonchev–Trinajstić information content (AvgIpc) is 2.47. The Morgan fingerprint density at radius 2 is 1.84 bits per heavy atom. The first-order chi connectivity index (χ1) is 9.29. The minimum atomic E-state index is -0.148. The molecule has 98 valence electrons. The van der Waals surface area contributed by atoms with Crippen LogP contribution >= 0.6 is 0 Å². The van der Waals surface area contributed by atoms with Crippen molar-refractivity contribution in [3.05, 3.63) is 54.4 Å². The van der Waals surface area contributed by atoms with Gasteiger partial charge < -0.3 is 10.1 Å². The lowest BCUT2D eigenvalue weighted by Gasteiger charge is -2.07. The van der Waals surface area contributed by atoms with Crippen molar-refractivity contribution in [3.8, 4) is 5.75 Å². The van der Waals surface area contributed by atoms with Gasteiger partial charge in [-0.15, -0.1) is 0 Å². The van der Waals surface area contributed by atoms with E-state index in [4.69, 9.17) is 4.74 Å². The van der Waals surface area contributed by atoms with E-state index in [0.29, 0.717) is 12.2 Å². The van der Waals surface area contributed by atoms with Crippen LogP contribution in [-0.2, 0) is 0 Å². The second-order valence-electron chi connectivity index (χ2n) is 4.06. The van der Waals surface area contributed by atoms with E-state index in [-0.39, 0.29) is 5.91 Å². The predicted octanol–water partition coefficient (Wildman–Crippen LogP) is 3.12. The van der Waals surface area contributed by atoms with Gasteiger partial charge in [-0.2, -0.15) is 0 Å². The number of anilines is 1. The topological polar surface area (TPSA) is 51.2 Å². The smallest absolute Gasteiger partial charge is 0.255 e. The summed E-state index contributed by atoms with van der Waals surface area (Å²) in [5.41, 5.74) is 1.33. The van der Waals surface area contributed by atoms with Gasteiger partial charge in [0.15, 0.2) is 0 Å². The number of pyridine rings is 1. The normalized spacial score (nSPS) is 9.95. The Balaban J connectivity index is 1.98. The number of hydrogen-bond donors (Lipinski definition) is 1. The molecule has 4 nitrogen and oxygen atoms in total. The highest BCUT2D eigenvalue weighted by Crippen LogP contribution is 2.16. The van der Waals surface area contributed by atoms with Crippen LogP contribution in [0.3, 0.4) is 0 Å². The van der Waals surface area contributed by atoms with Gasteiger partial charge in [0.05, 0.1) is 6.61 Å². The number of ether oxygens (including phenoxy) is 1. The molecule has 0 radical (unpaired) electrons. The molecule has 0 bridgehead atoms. The van der Waals surface area contributed by atoms with Crippen LogP contribution in [0.15, 0.2) is 48.8 Å². The van der Waals surface area contributed by atoms with Crippen molar-refractivity contribution in [1.82, 2.24) is 4.98 Å². The van der Waals surface area contributed by atoms with E-state index < -0.39 is 0 Å². The predicted molar refractivity (Wildman–Crippen MR) is 74.4 cm³/mol. The Kier molecular flexibility index (Phi) is 4.50. The van der Waals surface area contributed by atoms with Crippen LogP contribution in [0.2, 0.25) is 0 Å². The van der Waals surface area contributed by atoms with E-state index >= 15 is 0 Å². The molecule has 0 saturated carbocycles. The summed E-state index contributed by atoms with van der Waals surface area (Å²) in [6, 6.07) is 10.7. The molecule has 1 amide bonds. The fourth-order valence-corrected chi connectivity index (χ4v) is 1.56. The van der Waals surface area contributed by atoms with Gasteiger partial charge in [-0.1, -0.05) is 6.92 Å². The maximum atomic E-state index is 11.9. The van der Waals surface area contributed by atoms with Gasteiger partial charge in [0.25, 0.3) is 5.91 Å². The summed E-state index contributed by atoms with van der Waals surface area (Å²) in [5.74, 6) is 0.661. The number of nitrogens with zero attached hydrogens (tertiary/aromatic N) is 1. The Hall–Kier alpha value is -2.36. The van der Waals surface area contributed by atoms with Crippen molar-refractivity contribution in [2.45, 2.75) is 13.3 Å². The highest BCUT2D eigenvalue weighted by Gasteiger charge is 2.05. The van der Waals surface area contributed by atoms with Crippen LogP contribution in [0.5, 0.6) is 5.75 Å². The highest BCUT2D eigenvalue weighted by atomic mass is 16.5. The molecule has 0 fully saturated rings. The largest absolute Gasteiger partial charge is 0.494 e. The van der Waals surface area contributed by atoms with Crippen molar-refractivity contribution in [3.63, 3.8) is 0 Å². The fourth-order valence-electron chi connectivity index (χ4n) is 1.56. The lowest BCUT2D eigenvalue weighted by Crippen LogP contribution is -2.11. The van der Waals surface area contributed by atoms with E-state index in [2.05, 4.69) is 17.2 Å². The third-order valence-electron chi connectivity index (χ3n) is 2.53. The van der Waals surface area contributed by atoms with Gasteiger partial charge in [0.1, 0.15) is 5.75 Å². The lowest BCUT2D eigenvalue weighted by atomic mass is 10.2. The molecule has 0 aliphatic carbocycles. The van der Waals surface area contributed by atoms with E-state index in [1.807, 2.05) is 24.3 Å². The Bertz CT molecular complexity index is 524. The van der Waals surface area contributed by atoms with Crippen LogP contribution < -0.4 is 10.1 Å². The van der Waals surface area contributed by atoms with Gasteiger partial charge in [0.2, 0.25) is 0 Å². The molecule has 0 saturated heterocycles. The molecule has 2 rings (SSSR count). The SMILES string of the molecule is CCCOc1ccc(NC(=O)c2ccncc2)cc1. The van der Waals surface area contributed by atoms with E-state index in [1.165, 1.54) is 0 Å². The minimum absolute atomic E-state index is 0.148. The number of aromatic nitrogens is 1. The highest BCUT2D eigenvalue weighted by molar-refractivity contribution is 6.04. The summed E-state index contributed by atoms with van der Waals surface area (Å²) in [6.07, 6.45) is 4.16. The fraction of sp³-hybridized carbons (Fsp3) is 0.200. The van der Waals surface area contributed by atoms with Crippen molar-refractivity contribution in [2.75, 3.05) is 11.9 Å². The summed E-state index contributed by atoms with van der Waals surface area (Å²) in [4.78, 5) is 15.8. The Morgan fingerprint density at radius 3 is 2.47 bits per heavy atom. The number of rotatable bonds is 5. The maximum absolute atomic E-state index is 11.9. The second-order valence-corrected chi connectivity index (χ2v) is 4.06. The zero-order valence-corrected chi connectivity index (χ0v) is 10.8. The third-order valence-corrected chi connectivity index (χ3v) is 2.53. The van der Waals surface area contributed by atoms with Crippen LogP contribution in [0.4, 0.5) is 5.69 Å². The standard InChI is InChI=1S/C15H16N2O2/c1-2-11-19-14-5-3-13(4-6-14)17-15(18)12-7-9-16-10-8-12/h3-10H,2,11H2,1H3,(H,17,18). The molecule has 0 spiro atoms. The molecule has 1 heterocycles. The average molecular weight is 256 g/mol. The van der Waals surface area contributed by atoms with Gasteiger partial charge >= 0.3 is 0 Å². The first kappa shape index (κ1) is 13.1. The molecule has 0 aliphatic heterocycles. The number of benzene rings is 1. The van der Waals surface area contributed by atoms with Crippen molar-refractivity contribution >= 4 is 11.6 Å². The molecule has 0 unspecified atom stereocenters. The molecule has 0 aliphatic rings. The van der Waals surface area contributed by atoms with Gasteiger partial charge in [0, 0.05) is 23.6 Å². The molecular formula is C15H16N2O2. The number of hydrogen-bond acceptors (Lipinski definition) is 3. The summed E-state index contributed by atoms with van der Waals surface area (Å²) < 4.78 is 5.48. The van der Waals surface area contributed by atoms with E-state index in [9.17, 15) is 4.79 Å². The first-order valence-corrected chi connectivity index (χ1v) is 6.24. The zero-order valence-electron chi connectivity index (χ0n) is 10.8. The second kappa shape index (κ2) is 6.54. The Labute approximate surface area is 112 Å². The summed E-state index contributed by atoms with van der Waals surface area (Å²) >= 11 is 0. The first-order valence-electron chi connectivity index (χ1n) is 6.24. The van der Waals surface area contributed by atoms with E-state index in [0.717, 1.165) is 17.9 Å². The minimum Gasteiger partial charge on any atom is -0.494 e. The monoisotopic (exact) mass is 256 g/mol. The molecular weight excluding hydrogens is 240 g/mol. The number of carbonyl (C=O) groups excluding carboxylic acids is 1. The van der Waals surface area contributed by atoms with Gasteiger partial charge in [-0.05, 0) is 42.8 Å². The molecule has 4 heteroatoms. The molecule has 1 aromatic carbocycles. The quantitative estimate of drug-likeness (QED) is 0.894. The number of amides is 1. The van der Waals surface area contributed by atoms with Crippen LogP contribution in [0.1, 0.15) is 23.7 Å². The van der Waals surface area contributed by atoms with Crippen LogP contribution in [0, 0.1) is 0 Å². The number of carbonyl (C=O) groups is 1. The third kappa shape index (κ3) is 3.81. The summed E-state index contributed by atoms with van der Waals surface area (Å²) in [5, 5.41) is 2.82. The van der Waals surface area contributed by atoms with Crippen LogP contribution in [0.25, 0.3) is 0 Å². The molecule has 1 N–H and O–H groups in total. The van der Waals surface area contributed by atoms with Crippen molar-refractivity contribution in [1.29, 1.82) is 0 Å². The van der Waals surface area contributed by atoms with Crippen molar-refractivity contribution in [2.24, 2.45) is 0 Å². The molecule has 1 aromatic heterocycles. The molecule has 19 heavy (non-hydrogen) atoms.